The number of aromatic nitrogens is 2. The molecular weight excluding hydrogens is 158 g/mol. The van der Waals surface area contributed by atoms with Crippen molar-refractivity contribution in [3.05, 3.63) is 18.0 Å². The Hall–Kier alpha value is -1.16. The predicted octanol–water partition coefficient (Wildman–Crippen LogP) is 1.58. The van der Waals surface area contributed by atoms with Gasteiger partial charge in [0.05, 0.1) is 10.2 Å². The minimum atomic E-state index is 0.608. The molecule has 0 aromatic carbocycles. The van der Waals surface area contributed by atoms with Crippen LogP contribution in [0.15, 0.2) is 12.4 Å². The van der Waals surface area contributed by atoms with E-state index in [-0.39, 0.29) is 0 Å². The van der Waals surface area contributed by atoms with Gasteiger partial charge >= 0.3 is 0 Å². The van der Waals surface area contributed by atoms with E-state index in [1.807, 2.05) is 6.92 Å². The van der Waals surface area contributed by atoms with Crippen molar-refractivity contribution in [2.75, 3.05) is 5.73 Å². The van der Waals surface area contributed by atoms with Gasteiger partial charge in [0, 0.05) is 12.4 Å². The molecule has 0 fully saturated rings. The molecule has 3 nitrogen and oxygen atoms in total. The molecular formula is C7H7N3S. The van der Waals surface area contributed by atoms with Crippen LogP contribution in [0.25, 0.3) is 10.2 Å². The standard InChI is InChI=1S/C7H7N3S/c1-4-2-9-3-5-6(4)10-7(8)11-5/h2-3H,1H3,(H2,8,10). The molecule has 2 rings (SSSR count). The van der Waals surface area contributed by atoms with Crippen LogP contribution in [0.5, 0.6) is 0 Å². The molecule has 0 saturated heterocycles. The van der Waals surface area contributed by atoms with E-state index in [1.54, 1.807) is 12.4 Å². The van der Waals surface area contributed by atoms with Gasteiger partial charge in [-0.1, -0.05) is 11.3 Å². The fraction of sp³-hybridized carbons (Fsp3) is 0.143. The molecule has 2 aromatic heterocycles. The van der Waals surface area contributed by atoms with Gasteiger partial charge in [-0.15, -0.1) is 0 Å². The first-order valence-electron chi connectivity index (χ1n) is 3.24. The van der Waals surface area contributed by atoms with Crippen LogP contribution in [0.2, 0.25) is 0 Å². The van der Waals surface area contributed by atoms with Gasteiger partial charge in [-0.25, -0.2) is 4.98 Å². The lowest BCUT2D eigenvalue weighted by molar-refractivity contribution is 1.29. The topological polar surface area (TPSA) is 51.8 Å². The fourth-order valence-electron chi connectivity index (χ4n) is 0.997. The number of pyridine rings is 1. The Bertz CT molecular complexity index is 393. The first kappa shape index (κ1) is 6.54. The monoisotopic (exact) mass is 165 g/mol. The maximum absolute atomic E-state index is 5.54. The van der Waals surface area contributed by atoms with E-state index in [4.69, 9.17) is 5.73 Å². The summed E-state index contributed by atoms with van der Waals surface area (Å²) < 4.78 is 1.06. The first-order chi connectivity index (χ1) is 5.27. The van der Waals surface area contributed by atoms with E-state index < -0.39 is 0 Å². The Labute approximate surface area is 67.9 Å². The van der Waals surface area contributed by atoms with Crippen LogP contribution >= 0.6 is 11.3 Å². The average molecular weight is 165 g/mol. The highest BCUT2D eigenvalue weighted by atomic mass is 32.1. The van der Waals surface area contributed by atoms with Crippen LogP contribution in [0, 0.1) is 6.92 Å². The molecule has 0 bridgehead atoms. The third-order valence-corrected chi connectivity index (χ3v) is 2.32. The Kier molecular flexibility index (Phi) is 1.29. The molecule has 4 heteroatoms. The first-order valence-corrected chi connectivity index (χ1v) is 4.05. The lowest BCUT2D eigenvalue weighted by Crippen LogP contribution is -1.81. The highest BCUT2D eigenvalue weighted by Crippen LogP contribution is 2.24. The number of hydrogen-bond acceptors (Lipinski definition) is 4. The van der Waals surface area contributed by atoms with Gasteiger partial charge in [0.2, 0.25) is 0 Å². The molecule has 0 amide bonds. The molecule has 0 aliphatic carbocycles. The third kappa shape index (κ3) is 0.952. The number of fused-ring (bicyclic) bond motifs is 1. The number of thiazole rings is 1. The smallest absolute Gasteiger partial charge is 0.181 e. The quantitative estimate of drug-likeness (QED) is 0.644. The lowest BCUT2D eigenvalue weighted by Gasteiger charge is -1.89. The van der Waals surface area contributed by atoms with Gasteiger partial charge in [0.1, 0.15) is 0 Å². The molecule has 0 saturated carbocycles. The summed E-state index contributed by atoms with van der Waals surface area (Å²) in [5.74, 6) is 0. The highest BCUT2D eigenvalue weighted by Gasteiger charge is 2.02. The fourth-order valence-corrected chi connectivity index (χ4v) is 1.78. The van der Waals surface area contributed by atoms with Gasteiger partial charge in [0.25, 0.3) is 0 Å². The number of anilines is 1. The molecule has 2 aromatic rings. The molecule has 56 valence electrons. The Morgan fingerprint density at radius 2 is 2.27 bits per heavy atom. The Balaban J connectivity index is 2.90. The van der Waals surface area contributed by atoms with E-state index in [9.17, 15) is 0 Å². The number of aryl methyl sites for hydroxylation is 1. The largest absolute Gasteiger partial charge is 0.375 e. The van der Waals surface area contributed by atoms with Crippen molar-refractivity contribution >= 4 is 26.7 Å². The van der Waals surface area contributed by atoms with Crippen LogP contribution in [-0.2, 0) is 0 Å². The van der Waals surface area contributed by atoms with Crippen LogP contribution in [0.3, 0.4) is 0 Å². The van der Waals surface area contributed by atoms with Gasteiger partial charge < -0.3 is 5.73 Å². The van der Waals surface area contributed by atoms with Crippen molar-refractivity contribution in [3.63, 3.8) is 0 Å². The maximum Gasteiger partial charge on any atom is 0.181 e. The van der Waals surface area contributed by atoms with Crippen molar-refractivity contribution in [3.8, 4) is 0 Å². The molecule has 0 spiro atoms. The van der Waals surface area contributed by atoms with Crippen LogP contribution in [0.1, 0.15) is 5.56 Å². The molecule has 0 radical (unpaired) electrons. The number of nitrogens with zero attached hydrogens (tertiary/aromatic N) is 2. The average Bonchev–Trinajstić information content (AvgIpc) is 2.31. The molecule has 11 heavy (non-hydrogen) atoms. The zero-order valence-electron chi connectivity index (χ0n) is 6.03. The van der Waals surface area contributed by atoms with E-state index >= 15 is 0 Å². The second-order valence-corrected chi connectivity index (χ2v) is 3.42. The predicted molar refractivity (Wildman–Crippen MR) is 46.6 cm³/mol. The third-order valence-electron chi connectivity index (χ3n) is 1.50. The summed E-state index contributed by atoms with van der Waals surface area (Å²) in [7, 11) is 0. The van der Waals surface area contributed by atoms with Crippen molar-refractivity contribution < 1.29 is 0 Å². The summed E-state index contributed by atoms with van der Waals surface area (Å²) in [5.41, 5.74) is 7.59. The molecule has 0 atom stereocenters. The van der Waals surface area contributed by atoms with Gasteiger partial charge in [-0.2, -0.15) is 0 Å². The van der Waals surface area contributed by atoms with E-state index in [0.717, 1.165) is 15.8 Å². The lowest BCUT2D eigenvalue weighted by atomic mass is 10.3. The molecule has 0 aliphatic heterocycles. The summed E-state index contributed by atoms with van der Waals surface area (Å²) in [6, 6.07) is 0. The van der Waals surface area contributed by atoms with Crippen LogP contribution < -0.4 is 5.73 Å². The Morgan fingerprint density at radius 3 is 3.00 bits per heavy atom. The second-order valence-electron chi connectivity index (χ2n) is 2.36. The number of nitrogen functional groups attached to an aromatic ring is 1. The second kappa shape index (κ2) is 2.17. The molecule has 0 unspecified atom stereocenters. The summed E-state index contributed by atoms with van der Waals surface area (Å²) in [4.78, 5) is 8.21. The molecule has 0 aliphatic rings. The zero-order chi connectivity index (χ0) is 7.84. The van der Waals surface area contributed by atoms with E-state index in [0.29, 0.717) is 5.13 Å². The summed E-state index contributed by atoms with van der Waals surface area (Å²) in [6.45, 7) is 1.98. The summed E-state index contributed by atoms with van der Waals surface area (Å²) >= 11 is 1.47. The van der Waals surface area contributed by atoms with Gasteiger partial charge in [-0.05, 0) is 12.5 Å². The molecule has 2 heterocycles. The van der Waals surface area contributed by atoms with Crippen LogP contribution in [0.4, 0.5) is 5.13 Å². The van der Waals surface area contributed by atoms with Crippen molar-refractivity contribution in [2.24, 2.45) is 0 Å². The minimum Gasteiger partial charge on any atom is -0.375 e. The zero-order valence-corrected chi connectivity index (χ0v) is 6.85. The Morgan fingerprint density at radius 1 is 1.45 bits per heavy atom. The summed E-state index contributed by atoms with van der Waals surface area (Å²) in [6.07, 6.45) is 3.58. The minimum absolute atomic E-state index is 0.608. The van der Waals surface area contributed by atoms with Crippen molar-refractivity contribution in [1.82, 2.24) is 9.97 Å². The number of rotatable bonds is 0. The van der Waals surface area contributed by atoms with Crippen molar-refractivity contribution in [1.29, 1.82) is 0 Å². The molecule has 2 N–H and O–H groups in total. The van der Waals surface area contributed by atoms with Crippen molar-refractivity contribution in [2.45, 2.75) is 6.92 Å². The highest BCUT2D eigenvalue weighted by molar-refractivity contribution is 7.22. The SMILES string of the molecule is Cc1cncc2sc(N)nc12. The van der Waals surface area contributed by atoms with Gasteiger partial charge in [-0.3, -0.25) is 4.98 Å². The normalized spacial score (nSPS) is 10.6. The maximum atomic E-state index is 5.54. The summed E-state index contributed by atoms with van der Waals surface area (Å²) in [5, 5.41) is 0.608. The van der Waals surface area contributed by atoms with E-state index in [1.165, 1.54) is 11.3 Å². The number of hydrogen-bond donors (Lipinski definition) is 1. The van der Waals surface area contributed by atoms with Crippen LogP contribution in [-0.4, -0.2) is 9.97 Å². The number of nitrogens with two attached hydrogens (primary N) is 1. The van der Waals surface area contributed by atoms with Gasteiger partial charge in [0.15, 0.2) is 5.13 Å². The van der Waals surface area contributed by atoms with E-state index in [2.05, 4.69) is 9.97 Å².